The molecule has 0 bridgehead atoms. The van der Waals surface area contributed by atoms with Gasteiger partial charge in [-0.3, -0.25) is 0 Å². The fourth-order valence-electron chi connectivity index (χ4n) is 2.28. The number of halogens is 4. The second-order valence-corrected chi connectivity index (χ2v) is 7.71. The zero-order chi connectivity index (χ0) is 16.8. The largest absolute Gasteiger partial charge is 0.416 e. The summed E-state index contributed by atoms with van der Waals surface area (Å²) in [5.74, 6) is 0. The van der Waals surface area contributed by atoms with Crippen molar-refractivity contribution in [2.75, 3.05) is 0 Å². The third-order valence-corrected chi connectivity index (χ3v) is 6.19. The predicted molar refractivity (Wildman–Crippen MR) is 88.7 cm³/mol. The standard InChI is InChI=1S/C15H9F3INO2S/c16-15(17,18)11-6-7-13-10(8-11)9-14(19)20(13)23(21,22)12-4-2-1-3-5-12/h1-9H. The van der Waals surface area contributed by atoms with Crippen LogP contribution < -0.4 is 0 Å². The van der Waals surface area contributed by atoms with Crippen LogP contribution >= 0.6 is 22.6 Å². The number of nitrogens with zero attached hydrogens (tertiary/aromatic N) is 1. The summed E-state index contributed by atoms with van der Waals surface area (Å²) in [6, 6.07) is 12.2. The van der Waals surface area contributed by atoms with E-state index < -0.39 is 21.8 Å². The molecule has 2 aromatic carbocycles. The topological polar surface area (TPSA) is 39.1 Å². The third-order valence-electron chi connectivity index (χ3n) is 3.32. The number of hydrogen-bond acceptors (Lipinski definition) is 2. The molecule has 1 heterocycles. The van der Waals surface area contributed by atoms with Gasteiger partial charge in [-0.2, -0.15) is 13.2 Å². The van der Waals surface area contributed by atoms with E-state index >= 15 is 0 Å². The number of aromatic nitrogens is 1. The molecule has 3 aromatic rings. The van der Waals surface area contributed by atoms with Crippen molar-refractivity contribution < 1.29 is 21.6 Å². The first-order chi connectivity index (χ1) is 10.7. The Morgan fingerprint density at radius 2 is 1.61 bits per heavy atom. The normalized spacial score (nSPS) is 12.7. The highest BCUT2D eigenvalue weighted by atomic mass is 127. The van der Waals surface area contributed by atoms with Crippen molar-refractivity contribution in [1.29, 1.82) is 0 Å². The Labute approximate surface area is 143 Å². The second-order valence-electron chi connectivity index (χ2n) is 4.82. The molecule has 0 aliphatic rings. The molecule has 8 heteroatoms. The van der Waals surface area contributed by atoms with Crippen molar-refractivity contribution in [2.45, 2.75) is 11.1 Å². The third kappa shape index (κ3) is 2.85. The minimum Gasteiger partial charge on any atom is -0.228 e. The zero-order valence-corrected chi connectivity index (χ0v) is 14.4. The van der Waals surface area contributed by atoms with E-state index in [2.05, 4.69) is 0 Å². The van der Waals surface area contributed by atoms with Crippen LogP contribution in [0.1, 0.15) is 5.56 Å². The van der Waals surface area contributed by atoms with Gasteiger partial charge in [0.1, 0.15) is 0 Å². The molecular formula is C15H9F3INO2S. The maximum Gasteiger partial charge on any atom is 0.416 e. The zero-order valence-electron chi connectivity index (χ0n) is 11.4. The molecule has 0 saturated carbocycles. The molecular weight excluding hydrogens is 442 g/mol. The molecule has 0 N–H and O–H groups in total. The van der Waals surface area contributed by atoms with Crippen LogP contribution in [0.25, 0.3) is 10.9 Å². The van der Waals surface area contributed by atoms with Gasteiger partial charge in [0.15, 0.2) is 0 Å². The van der Waals surface area contributed by atoms with Gasteiger partial charge < -0.3 is 0 Å². The summed E-state index contributed by atoms with van der Waals surface area (Å²) in [6.07, 6.45) is -4.47. The molecule has 0 saturated heterocycles. The van der Waals surface area contributed by atoms with Gasteiger partial charge in [0.05, 0.1) is 19.7 Å². The van der Waals surface area contributed by atoms with Crippen LogP contribution in [0.5, 0.6) is 0 Å². The summed E-state index contributed by atoms with van der Waals surface area (Å²) in [7, 11) is -3.87. The lowest BCUT2D eigenvalue weighted by Gasteiger charge is -2.10. The molecule has 0 amide bonds. The fraction of sp³-hybridized carbons (Fsp3) is 0.0667. The Bertz CT molecular complexity index is 979. The van der Waals surface area contributed by atoms with Gasteiger partial charge in [-0.05, 0) is 59.0 Å². The van der Waals surface area contributed by atoms with Gasteiger partial charge in [0.25, 0.3) is 10.0 Å². The van der Waals surface area contributed by atoms with E-state index in [1.54, 1.807) is 40.8 Å². The van der Waals surface area contributed by atoms with Crippen LogP contribution in [0.15, 0.2) is 59.5 Å². The monoisotopic (exact) mass is 451 g/mol. The second kappa shape index (κ2) is 5.52. The van der Waals surface area contributed by atoms with E-state index in [0.29, 0.717) is 3.70 Å². The van der Waals surface area contributed by atoms with Crippen LogP contribution in [0, 0.1) is 3.70 Å². The molecule has 0 unspecified atom stereocenters. The molecule has 0 radical (unpaired) electrons. The Hall–Kier alpha value is -1.55. The Balaban J connectivity index is 2.25. The molecule has 1 aromatic heterocycles. The molecule has 3 rings (SSSR count). The summed E-state index contributed by atoms with van der Waals surface area (Å²) in [6.45, 7) is 0. The van der Waals surface area contributed by atoms with Gasteiger partial charge in [0.2, 0.25) is 0 Å². The maximum atomic E-state index is 12.8. The summed E-state index contributed by atoms with van der Waals surface area (Å²) in [4.78, 5) is 0.0790. The molecule has 23 heavy (non-hydrogen) atoms. The minimum absolute atomic E-state index is 0.0790. The van der Waals surface area contributed by atoms with Crippen LogP contribution in [0.3, 0.4) is 0 Å². The number of rotatable bonds is 2. The highest BCUT2D eigenvalue weighted by Crippen LogP contribution is 2.34. The molecule has 0 atom stereocenters. The van der Waals surface area contributed by atoms with E-state index in [-0.39, 0.29) is 15.8 Å². The van der Waals surface area contributed by atoms with Crippen molar-refractivity contribution in [3.05, 3.63) is 63.9 Å². The van der Waals surface area contributed by atoms with Crippen molar-refractivity contribution >= 4 is 43.5 Å². The van der Waals surface area contributed by atoms with E-state index in [0.717, 1.165) is 16.1 Å². The van der Waals surface area contributed by atoms with Crippen molar-refractivity contribution in [3.63, 3.8) is 0 Å². The first-order valence-electron chi connectivity index (χ1n) is 6.40. The average Bonchev–Trinajstić information content (AvgIpc) is 2.82. The first kappa shape index (κ1) is 16.3. The van der Waals surface area contributed by atoms with Gasteiger partial charge >= 0.3 is 6.18 Å². The molecule has 3 nitrogen and oxygen atoms in total. The number of fused-ring (bicyclic) bond motifs is 1. The Morgan fingerprint density at radius 3 is 2.22 bits per heavy atom. The van der Waals surface area contributed by atoms with Gasteiger partial charge in [-0.1, -0.05) is 18.2 Å². The molecule has 0 spiro atoms. The minimum atomic E-state index is -4.47. The van der Waals surface area contributed by atoms with E-state index in [1.165, 1.54) is 24.3 Å². The number of benzene rings is 2. The highest BCUT2D eigenvalue weighted by molar-refractivity contribution is 14.1. The van der Waals surface area contributed by atoms with Crippen LogP contribution in [-0.4, -0.2) is 12.4 Å². The van der Waals surface area contributed by atoms with Crippen molar-refractivity contribution in [1.82, 2.24) is 3.97 Å². The first-order valence-corrected chi connectivity index (χ1v) is 8.92. The van der Waals surface area contributed by atoms with Gasteiger partial charge in [-0.15, -0.1) is 0 Å². The summed E-state index contributed by atoms with van der Waals surface area (Å²) >= 11 is 1.80. The van der Waals surface area contributed by atoms with Crippen molar-refractivity contribution in [3.8, 4) is 0 Å². The van der Waals surface area contributed by atoms with E-state index in [1.807, 2.05) is 0 Å². The molecule has 0 fully saturated rings. The summed E-state index contributed by atoms with van der Waals surface area (Å²) < 4.78 is 65.3. The van der Waals surface area contributed by atoms with Crippen LogP contribution in [-0.2, 0) is 16.2 Å². The maximum absolute atomic E-state index is 12.8. The van der Waals surface area contributed by atoms with E-state index in [9.17, 15) is 21.6 Å². The van der Waals surface area contributed by atoms with E-state index in [4.69, 9.17) is 0 Å². The quantitative estimate of drug-likeness (QED) is 0.539. The van der Waals surface area contributed by atoms with Gasteiger partial charge in [0, 0.05) is 5.39 Å². The summed E-state index contributed by atoms with van der Waals surface area (Å²) in [5, 5.41) is 0.226. The Kier molecular flexibility index (Phi) is 3.91. The smallest absolute Gasteiger partial charge is 0.228 e. The predicted octanol–water partition coefficient (Wildman–Crippen LogP) is 4.50. The lowest BCUT2D eigenvalue weighted by molar-refractivity contribution is -0.137. The molecule has 0 aliphatic heterocycles. The lowest BCUT2D eigenvalue weighted by Crippen LogP contribution is -2.14. The van der Waals surface area contributed by atoms with Crippen LogP contribution in [0.2, 0.25) is 0 Å². The molecule has 120 valence electrons. The highest BCUT2D eigenvalue weighted by Gasteiger charge is 2.31. The SMILES string of the molecule is O=S(=O)(c1ccccc1)n1c(I)cc2cc(C(F)(F)F)ccc21. The average molecular weight is 451 g/mol. The molecule has 0 aliphatic carbocycles. The lowest BCUT2D eigenvalue weighted by atomic mass is 10.1. The fourth-order valence-corrected chi connectivity index (χ4v) is 5.07. The van der Waals surface area contributed by atoms with Gasteiger partial charge in [-0.25, -0.2) is 12.4 Å². The Morgan fingerprint density at radius 1 is 0.957 bits per heavy atom. The van der Waals surface area contributed by atoms with Crippen LogP contribution in [0.4, 0.5) is 13.2 Å². The number of alkyl halides is 3. The number of hydrogen-bond donors (Lipinski definition) is 0. The summed E-state index contributed by atoms with van der Waals surface area (Å²) in [5.41, 5.74) is -0.595. The van der Waals surface area contributed by atoms with Crippen molar-refractivity contribution in [2.24, 2.45) is 0 Å².